The van der Waals surface area contributed by atoms with Gasteiger partial charge in [0.15, 0.2) is 5.69 Å². The Balaban J connectivity index is 1.59. The lowest BCUT2D eigenvalue weighted by Gasteiger charge is -2.12. The molecule has 0 aliphatic rings. The molecule has 32 heavy (non-hydrogen) atoms. The van der Waals surface area contributed by atoms with Crippen LogP contribution in [-0.2, 0) is 17.8 Å². The van der Waals surface area contributed by atoms with Gasteiger partial charge < -0.3 is 0 Å². The Morgan fingerprint density at radius 3 is 2.44 bits per heavy atom. The summed E-state index contributed by atoms with van der Waals surface area (Å²) in [6, 6.07) is 17.0. The molecule has 2 aromatic carbocycles. The number of fused-ring (bicyclic) bond motifs is 1. The largest absolute Gasteiger partial charge is 0.290 e. The van der Waals surface area contributed by atoms with Crippen molar-refractivity contribution in [1.82, 2.24) is 20.6 Å². The fourth-order valence-electron chi connectivity index (χ4n) is 3.29. The summed E-state index contributed by atoms with van der Waals surface area (Å²) in [5.41, 5.74) is 6.00. The minimum absolute atomic E-state index is 0.119. The van der Waals surface area contributed by atoms with Crippen molar-refractivity contribution < 1.29 is 9.59 Å². The molecule has 0 radical (unpaired) electrons. The van der Waals surface area contributed by atoms with Crippen molar-refractivity contribution >= 4 is 34.3 Å². The second-order valence-electron chi connectivity index (χ2n) is 7.42. The normalized spacial score (nSPS) is 10.8. The van der Waals surface area contributed by atoms with E-state index in [9.17, 15) is 14.4 Å². The zero-order valence-corrected chi connectivity index (χ0v) is 19.0. The van der Waals surface area contributed by atoms with Crippen molar-refractivity contribution in [3.05, 3.63) is 76.2 Å². The maximum absolute atomic E-state index is 12.8. The molecule has 0 saturated carbocycles. The Morgan fingerprint density at radius 1 is 0.969 bits per heavy atom. The van der Waals surface area contributed by atoms with Crippen LogP contribution in [0.15, 0.2) is 59.4 Å². The quantitative estimate of drug-likeness (QED) is 0.364. The predicted molar refractivity (Wildman–Crippen MR) is 129 cm³/mol. The van der Waals surface area contributed by atoms with Crippen LogP contribution in [0.1, 0.15) is 42.2 Å². The molecule has 3 rings (SSSR count). The van der Waals surface area contributed by atoms with Crippen LogP contribution in [-0.4, -0.2) is 33.1 Å². The highest BCUT2D eigenvalue weighted by Gasteiger charge is 2.17. The molecule has 0 fully saturated rings. The molecule has 0 aliphatic carbocycles. The van der Waals surface area contributed by atoms with E-state index in [1.807, 2.05) is 18.2 Å². The molecule has 1 heterocycles. The van der Waals surface area contributed by atoms with Gasteiger partial charge in [0.2, 0.25) is 5.91 Å². The average molecular weight is 453 g/mol. The third-order valence-corrected chi connectivity index (χ3v) is 5.94. The van der Waals surface area contributed by atoms with Gasteiger partial charge in [0.05, 0.1) is 11.1 Å². The number of rotatable bonds is 10. The first-order valence-electron chi connectivity index (χ1n) is 10.8. The number of nitrogens with one attached hydrogen (secondary N) is 2. The van der Waals surface area contributed by atoms with Crippen LogP contribution < -0.4 is 16.4 Å². The van der Waals surface area contributed by atoms with Crippen LogP contribution in [0.5, 0.6) is 0 Å². The van der Waals surface area contributed by atoms with Crippen molar-refractivity contribution in [2.45, 2.75) is 39.2 Å². The average Bonchev–Trinajstić information content (AvgIpc) is 2.82. The van der Waals surface area contributed by atoms with E-state index >= 15 is 0 Å². The Labute approximate surface area is 191 Å². The molecular weight excluding hydrogens is 424 g/mol. The van der Waals surface area contributed by atoms with Crippen LogP contribution >= 0.6 is 11.8 Å². The molecule has 0 bridgehead atoms. The van der Waals surface area contributed by atoms with Crippen molar-refractivity contribution in [2.75, 3.05) is 11.5 Å². The van der Waals surface area contributed by atoms with Crippen molar-refractivity contribution in [3.8, 4) is 0 Å². The van der Waals surface area contributed by atoms with E-state index in [4.69, 9.17) is 0 Å². The maximum atomic E-state index is 12.8. The third-order valence-electron chi connectivity index (χ3n) is 4.98. The van der Waals surface area contributed by atoms with Crippen molar-refractivity contribution in [1.29, 1.82) is 0 Å². The van der Waals surface area contributed by atoms with E-state index < -0.39 is 5.91 Å². The number of hydrazine groups is 1. The first kappa shape index (κ1) is 23.5. The number of benzene rings is 2. The topological polar surface area (TPSA) is 93.1 Å². The van der Waals surface area contributed by atoms with Gasteiger partial charge in [-0.05, 0) is 30.2 Å². The van der Waals surface area contributed by atoms with E-state index in [0.29, 0.717) is 17.3 Å². The molecule has 8 heteroatoms. The summed E-state index contributed by atoms with van der Waals surface area (Å²) in [4.78, 5) is 37.6. The Kier molecular flexibility index (Phi) is 8.86. The lowest BCUT2D eigenvalue weighted by Crippen LogP contribution is -2.43. The van der Waals surface area contributed by atoms with Crippen LogP contribution in [0.4, 0.5) is 0 Å². The number of aromatic nitrogens is 2. The van der Waals surface area contributed by atoms with Gasteiger partial charge in [0.25, 0.3) is 11.5 Å². The number of carbonyl (C=O) groups is 2. The molecule has 7 nitrogen and oxygen atoms in total. The highest BCUT2D eigenvalue weighted by molar-refractivity contribution is 7.99. The predicted octanol–water partition coefficient (Wildman–Crippen LogP) is 3.32. The van der Waals surface area contributed by atoms with E-state index in [2.05, 4.69) is 35.0 Å². The second kappa shape index (κ2) is 12.0. The Hall–Kier alpha value is -3.13. The van der Waals surface area contributed by atoms with Gasteiger partial charge >= 0.3 is 0 Å². The molecular formula is C24H28N4O3S. The lowest BCUT2D eigenvalue weighted by atomic mass is 10.1. The molecule has 168 valence electrons. The summed E-state index contributed by atoms with van der Waals surface area (Å²) in [5, 5.41) is 5.20. The number of carbonyl (C=O) groups excluding carboxylic acids is 2. The zero-order valence-electron chi connectivity index (χ0n) is 18.2. The smallest absolute Gasteiger partial charge is 0.272 e. The van der Waals surface area contributed by atoms with Crippen LogP contribution in [0, 0.1) is 0 Å². The first-order chi connectivity index (χ1) is 15.6. The first-order valence-corrected chi connectivity index (χ1v) is 12.0. The monoisotopic (exact) mass is 452 g/mol. The maximum Gasteiger partial charge on any atom is 0.290 e. The van der Waals surface area contributed by atoms with Gasteiger partial charge in [0.1, 0.15) is 0 Å². The summed E-state index contributed by atoms with van der Waals surface area (Å²) in [6.07, 6.45) is 3.67. The minimum Gasteiger partial charge on any atom is -0.272 e. The van der Waals surface area contributed by atoms with Crippen LogP contribution in [0.3, 0.4) is 0 Å². The summed E-state index contributed by atoms with van der Waals surface area (Å²) in [7, 11) is 0. The number of thioether (sulfide) groups is 1. The molecule has 0 spiro atoms. The third kappa shape index (κ3) is 6.43. The highest BCUT2D eigenvalue weighted by atomic mass is 32.2. The van der Waals surface area contributed by atoms with Crippen LogP contribution in [0.25, 0.3) is 10.8 Å². The van der Waals surface area contributed by atoms with Gasteiger partial charge in [-0.25, -0.2) is 4.68 Å². The van der Waals surface area contributed by atoms with Gasteiger partial charge in [-0.15, -0.1) is 0 Å². The summed E-state index contributed by atoms with van der Waals surface area (Å²) >= 11 is 1.50. The molecule has 3 aromatic rings. The van der Waals surface area contributed by atoms with Gasteiger partial charge in [-0.3, -0.25) is 25.2 Å². The van der Waals surface area contributed by atoms with E-state index in [-0.39, 0.29) is 22.9 Å². The number of nitrogens with zero attached hydrogens (tertiary/aromatic N) is 2. The molecule has 2 amide bonds. The minimum atomic E-state index is -0.548. The van der Waals surface area contributed by atoms with Gasteiger partial charge in [-0.1, -0.05) is 68.3 Å². The number of hydrogen-bond donors (Lipinski definition) is 2. The molecule has 0 atom stereocenters. The van der Waals surface area contributed by atoms with Gasteiger partial charge in [-0.2, -0.15) is 16.9 Å². The van der Waals surface area contributed by atoms with E-state index in [1.54, 1.807) is 24.3 Å². The molecule has 0 aliphatic heterocycles. The molecule has 0 saturated heterocycles. The van der Waals surface area contributed by atoms with E-state index in [0.717, 1.165) is 31.4 Å². The summed E-state index contributed by atoms with van der Waals surface area (Å²) in [6.45, 7) is 2.53. The molecule has 0 unspecified atom stereocenters. The molecule has 1 aromatic heterocycles. The number of amides is 2. The summed E-state index contributed by atoms with van der Waals surface area (Å²) < 4.78 is 1.34. The number of aryl methyl sites for hydroxylation is 2. The standard InChI is InChI=1S/C24H28N4O3S/c1-2-3-9-15-28-24(31)20-13-8-7-12-19(20)22(27-28)23(30)26-25-21(29)17-32-16-14-18-10-5-4-6-11-18/h4-8,10-13H,2-3,9,14-17H2,1H3,(H,25,29)(H,26,30). The zero-order chi connectivity index (χ0) is 22.8. The summed E-state index contributed by atoms with van der Waals surface area (Å²) in [5.74, 6) is 0.197. The van der Waals surface area contributed by atoms with Crippen molar-refractivity contribution in [2.24, 2.45) is 0 Å². The number of unbranched alkanes of at least 4 members (excludes halogenated alkanes) is 2. The van der Waals surface area contributed by atoms with E-state index in [1.165, 1.54) is 22.0 Å². The second-order valence-corrected chi connectivity index (χ2v) is 8.53. The highest BCUT2D eigenvalue weighted by Crippen LogP contribution is 2.13. The van der Waals surface area contributed by atoms with Crippen molar-refractivity contribution in [3.63, 3.8) is 0 Å². The SMILES string of the molecule is CCCCCn1nc(C(=O)NNC(=O)CSCCc2ccccc2)c2ccccc2c1=O. The fraction of sp³-hybridized carbons (Fsp3) is 0.333. The fourth-order valence-corrected chi connectivity index (χ4v) is 4.07. The van der Waals surface area contributed by atoms with Crippen LogP contribution in [0.2, 0.25) is 0 Å². The Bertz CT molecular complexity index is 1120. The Morgan fingerprint density at radius 2 is 1.69 bits per heavy atom. The van der Waals surface area contributed by atoms with Gasteiger partial charge in [0, 0.05) is 11.9 Å². The number of hydrogen-bond acceptors (Lipinski definition) is 5. The lowest BCUT2D eigenvalue weighted by molar-refractivity contribution is -0.119. The molecule has 2 N–H and O–H groups in total.